The maximum atomic E-state index is 11.5. The van der Waals surface area contributed by atoms with Gasteiger partial charge in [-0.25, -0.2) is 4.79 Å². The van der Waals surface area contributed by atoms with E-state index in [1.165, 1.54) is 24.3 Å². The van der Waals surface area contributed by atoms with E-state index in [-0.39, 0.29) is 5.69 Å². The number of benzene rings is 2. The number of carbonyl (C=O) groups excluding carboxylic acids is 1. The Morgan fingerprint density at radius 1 is 1.09 bits per heavy atom. The molecule has 22 heavy (non-hydrogen) atoms. The molecule has 0 aliphatic rings. The Hall–Kier alpha value is -3.15. The van der Waals surface area contributed by atoms with Gasteiger partial charge in [0.05, 0.1) is 4.92 Å². The highest BCUT2D eigenvalue weighted by Gasteiger charge is 2.08. The fourth-order valence-corrected chi connectivity index (χ4v) is 1.57. The molecular weight excluding hydrogens is 286 g/mol. The van der Waals surface area contributed by atoms with Gasteiger partial charge < -0.3 is 9.47 Å². The van der Waals surface area contributed by atoms with E-state index >= 15 is 0 Å². The Bertz CT molecular complexity index is 722. The van der Waals surface area contributed by atoms with Crippen molar-refractivity contribution in [1.29, 1.82) is 0 Å². The molecule has 0 N–H and O–H groups in total. The van der Waals surface area contributed by atoms with Crippen LogP contribution in [0.15, 0.2) is 60.7 Å². The first-order chi connectivity index (χ1) is 10.5. The van der Waals surface area contributed by atoms with Gasteiger partial charge in [0, 0.05) is 23.8 Å². The van der Waals surface area contributed by atoms with E-state index in [1.54, 1.807) is 31.2 Å². The third-order valence-electron chi connectivity index (χ3n) is 2.65. The van der Waals surface area contributed by atoms with Gasteiger partial charge in [-0.05, 0) is 31.2 Å². The zero-order chi connectivity index (χ0) is 16.1. The molecule has 0 fully saturated rings. The van der Waals surface area contributed by atoms with Crippen LogP contribution in [0.4, 0.5) is 5.69 Å². The van der Waals surface area contributed by atoms with Crippen LogP contribution in [0.3, 0.4) is 0 Å². The van der Waals surface area contributed by atoms with Gasteiger partial charge in [0.2, 0.25) is 0 Å². The van der Waals surface area contributed by atoms with Crippen LogP contribution in [0.1, 0.15) is 6.92 Å². The molecule has 0 saturated heterocycles. The quantitative estimate of drug-likeness (QED) is 0.275. The van der Waals surface area contributed by atoms with Crippen LogP contribution in [-0.4, -0.2) is 10.9 Å². The van der Waals surface area contributed by atoms with Crippen molar-refractivity contribution >= 4 is 11.7 Å². The van der Waals surface area contributed by atoms with Crippen molar-refractivity contribution in [2.45, 2.75) is 6.92 Å². The molecule has 6 heteroatoms. The Labute approximate surface area is 126 Å². The van der Waals surface area contributed by atoms with Gasteiger partial charge in [0.1, 0.15) is 17.2 Å². The average molecular weight is 299 g/mol. The van der Waals surface area contributed by atoms with Crippen molar-refractivity contribution in [1.82, 2.24) is 0 Å². The van der Waals surface area contributed by atoms with Gasteiger partial charge in [-0.1, -0.05) is 12.6 Å². The predicted octanol–water partition coefficient (Wildman–Crippen LogP) is 3.87. The lowest BCUT2D eigenvalue weighted by molar-refractivity contribution is -0.384. The summed E-state index contributed by atoms with van der Waals surface area (Å²) in [6.45, 7) is 5.06. The Morgan fingerprint density at radius 3 is 2.32 bits per heavy atom. The van der Waals surface area contributed by atoms with Gasteiger partial charge in [-0.15, -0.1) is 0 Å². The molecule has 112 valence electrons. The van der Waals surface area contributed by atoms with Crippen molar-refractivity contribution < 1.29 is 19.2 Å². The highest BCUT2D eigenvalue weighted by molar-refractivity contribution is 5.88. The molecule has 6 nitrogen and oxygen atoms in total. The number of nitro groups is 1. The zero-order valence-corrected chi connectivity index (χ0v) is 11.8. The van der Waals surface area contributed by atoms with Gasteiger partial charge in [-0.3, -0.25) is 10.1 Å². The van der Waals surface area contributed by atoms with Crippen LogP contribution in [0.25, 0.3) is 0 Å². The van der Waals surface area contributed by atoms with Crippen LogP contribution in [0.5, 0.6) is 17.2 Å². The van der Waals surface area contributed by atoms with Crippen molar-refractivity contribution in [3.8, 4) is 17.2 Å². The molecule has 0 aliphatic heterocycles. The van der Waals surface area contributed by atoms with Crippen LogP contribution < -0.4 is 9.47 Å². The second-order valence-electron chi connectivity index (χ2n) is 4.50. The number of nitrogens with zero attached hydrogens (tertiary/aromatic N) is 1. The van der Waals surface area contributed by atoms with Gasteiger partial charge in [0.25, 0.3) is 5.69 Å². The summed E-state index contributed by atoms with van der Waals surface area (Å²) in [5.74, 6) is 0.690. The van der Waals surface area contributed by atoms with Gasteiger partial charge >= 0.3 is 5.97 Å². The zero-order valence-electron chi connectivity index (χ0n) is 11.8. The van der Waals surface area contributed by atoms with Gasteiger partial charge in [-0.2, -0.15) is 0 Å². The lowest BCUT2D eigenvalue weighted by Crippen LogP contribution is -2.07. The van der Waals surface area contributed by atoms with E-state index < -0.39 is 10.9 Å². The molecule has 2 aromatic rings. The number of hydrogen-bond donors (Lipinski definition) is 0. The highest BCUT2D eigenvalue weighted by Crippen LogP contribution is 2.26. The van der Waals surface area contributed by atoms with Crippen LogP contribution in [0, 0.1) is 10.1 Å². The van der Waals surface area contributed by atoms with Crippen molar-refractivity contribution in [2.75, 3.05) is 0 Å². The molecule has 0 saturated carbocycles. The maximum absolute atomic E-state index is 11.5. The lowest BCUT2D eigenvalue weighted by atomic mass is 10.3. The standard InChI is InChI=1S/C16H13NO5/c1-11(2)16(18)22-15-5-3-4-14(10-15)21-13-8-6-12(7-9-13)17(19)20/h3-10H,1H2,2H3. The number of esters is 1. The molecule has 0 aliphatic carbocycles. The molecule has 0 bridgehead atoms. The summed E-state index contributed by atoms with van der Waals surface area (Å²) < 4.78 is 10.7. The predicted molar refractivity (Wildman–Crippen MR) is 80.1 cm³/mol. The van der Waals surface area contributed by atoms with Crippen molar-refractivity contribution in [2.24, 2.45) is 0 Å². The third kappa shape index (κ3) is 3.92. The Morgan fingerprint density at radius 2 is 1.73 bits per heavy atom. The first-order valence-electron chi connectivity index (χ1n) is 6.36. The minimum atomic E-state index is -0.521. The Kier molecular flexibility index (Phi) is 4.53. The molecule has 2 aromatic carbocycles. The first kappa shape index (κ1) is 15.2. The van der Waals surface area contributed by atoms with E-state index in [9.17, 15) is 14.9 Å². The molecule has 0 atom stereocenters. The molecule has 0 amide bonds. The fraction of sp³-hybridized carbons (Fsp3) is 0.0625. The summed E-state index contributed by atoms with van der Waals surface area (Å²) in [6, 6.07) is 12.2. The average Bonchev–Trinajstić information content (AvgIpc) is 2.48. The van der Waals surface area contributed by atoms with Gasteiger partial charge in [0.15, 0.2) is 0 Å². The second kappa shape index (κ2) is 6.53. The normalized spacial score (nSPS) is 9.86. The van der Waals surface area contributed by atoms with E-state index in [1.807, 2.05) is 0 Å². The molecule has 2 rings (SSSR count). The highest BCUT2D eigenvalue weighted by atomic mass is 16.6. The molecule has 0 aromatic heterocycles. The summed E-state index contributed by atoms with van der Waals surface area (Å²) in [5.41, 5.74) is 0.276. The number of nitro benzene ring substituents is 1. The molecule has 0 unspecified atom stereocenters. The minimum absolute atomic E-state index is 0.0171. The summed E-state index contributed by atoms with van der Waals surface area (Å²) in [6.07, 6.45) is 0. The molecule has 0 radical (unpaired) electrons. The van der Waals surface area contributed by atoms with E-state index in [4.69, 9.17) is 9.47 Å². The van der Waals surface area contributed by atoms with E-state index in [0.29, 0.717) is 22.8 Å². The molecule has 0 spiro atoms. The smallest absolute Gasteiger partial charge is 0.338 e. The van der Waals surface area contributed by atoms with Crippen molar-refractivity contribution in [3.05, 3.63) is 70.8 Å². The van der Waals surface area contributed by atoms with Crippen LogP contribution in [-0.2, 0) is 4.79 Å². The molecular formula is C16H13NO5. The summed E-state index contributed by atoms with van der Waals surface area (Å²) in [5, 5.41) is 10.6. The summed E-state index contributed by atoms with van der Waals surface area (Å²) in [4.78, 5) is 21.6. The number of ether oxygens (including phenoxy) is 2. The second-order valence-corrected chi connectivity index (χ2v) is 4.50. The van der Waals surface area contributed by atoms with Crippen LogP contribution in [0.2, 0.25) is 0 Å². The van der Waals surface area contributed by atoms with E-state index in [0.717, 1.165) is 0 Å². The topological polar surface area (TPSA) is 78.7 Å². The number of non-ortho nitro benzene ring substituents is 1. The maximum Gasteiger partial charge on any atom is 0.338 e. The monoisotopic (exact) mass is 299 g/mol. The number of hydrogen-bond acceptors (Lipinski definition) is 5. The van der Waals surface area contributed by atoms with Crippen molar-refractivity contribution in [3.63, 3.8) is 0 Å². The van der Waals surface area contributed by atoms with Crippen LogP contribution >= 0.6 is 0 Å². The Balaban J connectivity index is 2.11. The molecule has 0 heterocycles. The van der Waals surface area contributed by atoms with E-state index in [2.05, 4.69) is 6.58 Å². The third-order valence-corrected chi connectivity index (χ3v) is 2.65. The summed E-state index contributed by atoms with van der Waals surface area (Å²) >= 11 is 0. The summed E-state index contributed by atoms with van der Waals surface area (Å²) in [7, 11) is 0. The number of rotatable bonds is 5. The minimum Gasteiger partial charge on any atom is -0.457 e. The lowest BCUT2D eigenvalue weighted by Gasteiger charge is -2.08. The fourth-order valence-electron chi connectivity index (χ4n) is 1.57. The number of carbonyl (C=O) groups is 1. The first-order valence-corrected chi connectivity index (χ1v) is 6.36. The largest absolute Gasteiger partial charge is 0.457 e. The SMILES string of the molecule is C=C(C)C(=O)Oc1cccc(Oc2ccc([N+](=O)[O-])cc2)c1.